The molecule has 1 aromatic carbocycles. The smallest absolute Gasteiger partial charge is 0.234 e. The molecular formula is C13H13N3OS. The Morgan fingerprint density at radius 2 is 2.22 bits per heavy atom. The molecular weight excluding hydrogens is 246 g/mol. The van der Waals surface area contributed by atoms with Crippen molar-refractivity contribution in [1.82, 2.24) is 4.98 Å². The van der Waals surface area contributed by atoms with E-state index in [1.54, 1.807) is 19.3 Å². The number of anilines is 1. The fraction of sp³-hybridized carbons (Fsp3) is 0.154. The van der Waals surface area contributed by atoms with Gasteiger partial charge in [0.25, 0.3) is 0 Å². The normalized spacial score (nSPS) is 12.1. The number of carbonyl (C=O) groups excluding carboxylic acids is 1. The second-order valence-corrected chi connectivity index (χ2v) is 4.49. The monoisotopic (exact) mass is 259 g/mol. The minimum Gasteiger partial charge on any atom is -0.393 e. The summed E-state index contributed by atoms with van der Waals surface area (Å²) < 4.78 is 0. The highest BCUT2D eigenvalue weighted by molar-refractivity contribution is 7.80. The Morgan fingerprint density at radius 3 is 2.94 bits per heavy atom. The van der Waals surface area contributed by atoms with Crippen molar-refractivity contribution in [2.75, 3.05) is 5.32 Å². The van der Waals surface area contributed by atoms with Crippen molar-refractivity contribution in [3.05, 3.63) is 36.7 Å². The van der Waals surface area contributed by atoms with Gasteiger partial charge in [0.05, 0.1) is 16.6 Å². The number of carbonyl (C=O) groups is 1. The Morgan fingerprint density at radius 1 is 1.44 bits per heavy atom. The molecule has 5 heteroatoms. The van der Waals surface area contributed by atoms with Gasteiger partial charge in [-0.15, -0.1) is 0 Å². The lowest BCUT2D eigenvalue weighted by Crippen LogP contribution is -2.30. The zero-order chi connectivity index (χ0) is 13.1. The van der Waals surface area contributed by atoms with Gasteiger partial charge in [0.15, 0.2) is 0 Å². The van der Waals surface area contributed by atoms with Crippen molar-refractivity contribution in [3.8, 4) is 0 Å². The van der Waals surface area contributed by atoms with Gasteiger partial charge in [0.2, 0.25) is 5.91 Å². The van der Waals surface area contributed by atoms with E-state index in [1.165, 1.54) is 0 Å². The van der Waals surface area contributed by atoms with Crippen molar-refractivity contribution in [2.45, 2.75) is 6.92 Å². The van der Waals surface area contributed by atoms with E-state index >= 15 is 0 Å². The van der Waals surface area contributed by atoms with Gasteiger partial charge in [-0.05, 0) is 24.4 Å². The first kappa shape index (κ1) is 12.4. The van der Waals surface area contributed by atoms with Crippen LogP contribution in [0.3, 0.4) is 0 Å². The molecule has 1 atom stereocenters. The van der Waals surface area contributed by atoms with Crippen LogP contribution in [0.4, 0.5) is 5.69 Å². The van der Waals surface area contributed by atoms with Crippen molar-refractivity contribution in [2.24, 2.45) is 11.7 Å². The molecule has 0 saturated heterocycles. The standard InChI is InChI=1S/C13H13N3OS/c1-8(12(14)18)13(17)16-11-4-2-3-9-5-6-15-7-10(9)11/h2-8H,1H3,(H2,14,18)(H,16,17). The van der Waals surface area contributed by atoms with E-state index in [0.29, 0.717) is 5.69 Å². The maximum Gasteiger partial charge on any atom is 0.234 e. The van der Waals surface area contributed by atoms with Crippen LogP contribution >= 0.6 is 12.2 Å². The minimum atomic E-state index is -0.494. The molecule has 2 aromatic rings. The molecule has 0 bridgehead atoms. The average Bonchev–Trinajstić information content (AvgIpc) is 2.38. The zero-order valence-electron chi connectivity index (χ0n) is 9.88. The fourth-order valence-corrected chi connectivity index (χ4v) is 1.70. The van der Waals surface area contributed by atoms with Crippen LogP contribution in [0.5, 0.6) is 0 Å². The maximum absolute atomic E-state index is 11.9. The highest BCUT2D eigenvalue weighted by atomic mass is 32.1. The summed E-state index contributed by atoms with van der Waals surface area (Å²) in [5.41, 5.74) is 6.18. The van der Waals surface area contributed by atoms with Gasteiger partial charge >= 0.3 is 0 Å². The van der Waals surface area contributed by atoms with Crippen LogP contribution in [-0.4, -0.2) is 15.9 Å². The van der Waals surface area contributed by atoms with E-state index in [2.05, 4.69) is 10.3 Å². The summed E-state index contributed by atoms with van der Waals surface area (Å²) in [5, 5.41) is 4.73. The Balaban J connectivity index is 2.32. The molecule has 18 heavy (non-hydrogen) atoms. The molecule has 0 saturated carbocycles. The van der Waals surface area contributed by atoms with Crippen LogP contribution in [0.25, 0.3) is 10.8 Å². The van der Waals surface area contributed by atoms with Crippen LogP contribution in [-0.2, 0) is 4.79 Å². The van der Waals surface area contributed by atoms with E-state index in [1.807, 2.05) is 24.3 Å². The number of pyridine rings is 1. The number of amides is 1. The molecule has 4 nitrogen and oxygen atoms in total. The third kappa shape index (κ3) is 2.46. The van der Waals surface area contributed by atoms with Crippen molar-refractivity contribution >= 4 is 39.6 Å². The SMILES string of the molecule is CC(C(=O)Nc1cccc2ccncc12)C(N)=S. The Kier molecular flexibility index (Phi) is 3.53. The summed E-state index contributed by atoms with van der Waals surface area (Å²) in [6, 6.07) is 7.56. The number of nitrogens with two attached hydrogens (primary N) is 1. The average molecular weight is 259 g/mol. The summed E-state index contributed by atoms with van der Waals surface area (Å²) in [7, 11) is 0. The molecule has 1 heterocycles. The molecule has 0 radical (unpaired) electrons. The molecule has 92 valence electrons. The Labute approximate surface area is 110 Å². The molecule has 0 fully saturated rings. The third-order valence-corrected chi connectivity index (χ3v) is 3.12. The van der Waals surface area contributed by atoms with Crippen LogP contribution in [0.1, 0.15) is 6.92 Å². The number of rotatable bonds is 3. The quantitative estimate of drug-likeness (QED) is 0.828. The molecule has 1 amide bonds. The Bertz CT molecular complexity index is 607. The van der Waals surface area contributed by atoms with Crippen LogP contribution in [0.2, 0.25) is 0 Å². The number of benzene rings is 1. The maximum atomic E-state index is 11.9. The van der Waals surface area contributed by atoms with E-state index in [-0.39, 0.29) is 10.9 Å². The molecule has 0 aliphatic carbocycles. The predicted octanol–water partition coefficient (Wildman–Crippen LogP) is 2.10. The fourth-order valence-electron chi connectivity index (χ4n) is 1.59. The predicted molar refractivity (Wildman–Crippen MR) is 76.3 cm³/mol. The van der Waals surface area contributed by atoms with Crippen molar-refractivity contribution in [1.29, 1.82) is 0 Å². The van der Waals surface area contributed by atoms with E-state index in [4.69, 9.17) is 18.0 Å². The lowest BCUT2D eigenvalue weighted by atomic mass is 10.1. The minimum absolute atomic E-state index is 0.186. The molecule has 0 aliphatic rings. The summed E-state index contributed by atoms with van der Waals surface area (Å²) in [6.07, 6.45) is 3.43. The zero-order valence-corrected chi connectivity index (χ0v) is 10.7. The highest BCUT2D eigenvalue weighted by Gasteiger charge is 2.16. The number of thiocarbonyl (C=S) groups is 1. The van der Waals surface area contributed by atoms with Gasteiger partial charge in [-0.3, -0.25) is 9.78 Å². The second kappa shape index (κ2) is 5.10. The summed E-state index contributed by atoms with van der Waals surface area (Å²) in [6.45, 7) is 1.68. The van der Waals surface area contributed by atoms with Gasteiger partial charge in [0.1, 0.15) is 0 Å². The van der Waals surface area contributed by atoms with Gasteiger partial charge in [-0.2, -0.15) is 0 Å². The van der Waals surface area contributed by atoms with E-state index < -0.39 is 5.92 Å². The topological polar surface area (TPSA) is 68.0 Å². The van der Waals surface area contributed by atoms with Gasteiger partial charge in [0, 0.05) is 17.8 Å². The molecule has 2 rings (SSSR count). The third-order valence-electron chi connectivity index (χ3n) is 2.76. The largest absolute Gasteiger partial charge is 0.393 e. The summed E-state index contributed by atoms with van der Waals surface area (Å²) >= 11 is 4.81. The first-order valence-electron chi connectivity index (χ1n) is 5.52. The highest BCUT2D eigenvalue weighted by Crippen LogP contribution is 2.22. The number of nitrogens with one attached hydrogen (secondary N) is 1. The van der Waals surface area contributed by atoms with Crippen LogP contribution in [0, 0.1) is 5.92 Å². The number of fused-ring (bicyclic) bond motifs is 1. The molecule has 0 aliphatic heterocycles. The molecule has 0 spiro atoms. The van der Waals surface area contributed by atoms with Crippen LogP contribution in [0.15, 0.2) is 36.7 Å². The number of hydrogen-bond acceptors (Lipinski definition) is 3. The molecule has 3 N–H and O–H groups in total. The van der Waals surface area contributed by atoms with Gasteiger partial charge in [-0.25, -0.2) is 0 Å². The van der Waals surface area contributed by atoms with E-state index in [0.717, 1.165) is 10.8 Å². The first-order chi connectivity index (χ1) is 8.59. The summed E-state index contributed by atoms with van der Waals surface area (Å²) in [5.74, 6) is -0.703. The molecule has 1 unspecified atom stereocenters. The second-order valence-electron chi connectivity index (χ2n) is 4.02. The van der Waals surface area contributed by atoms with Crippen molar-refractivity contribution < 1.29 is 4.79 Å². The van der Waals surface area contributed by atoms with Gasteiger partial charge in [-0.1, -0.05) is 24.4 Å². The number of hydrogen-bond donors (Lipinski definition) is 2. The number of aromatic nitrogens is 1. The Hall–Kier alpha value is -2.01. The molecule has 1 aromatic heterocycles. The lowest BCUT2D eigenvalue weighted by Gasteiger charge is -2.12. The van der Waals surface area contributed by atoms with Gasteiger partial charge < -0.3 is 11.1 Å². The summed E-state index contributed by atoms with van der Waals surface area (Å²) in [4.78, 5) is 16.1. The first-order valence-corrected chi connectivity index (χ1v) is 5.93. The van der Waals surface area contributed by atoms with E-state index in [9.17, 15) is 4.79 Å². The lowest BCUT2D eigenvalue weighted by molar-refractivity contribution is -0.117. The number of nitrogens with zero attached hydrogens (tertiary/aromatic N) is 1. The van der Waals surface area contributed by atoms with Crippen LogP contribution < -0.4 is 11.1 Å². The van der Waals surface area contributed by atoms with Crippen molar-refractivity contribution in [3.63, 3.8) is 0 Å².